The topological polar surface area (TPSA) is 71.8 Å². The second kappa shape index (κ2) is 8.09. The van der Waals surface area contributed by atoms with Crippen LogP contribution in [-0.4, -0.2) is 44.9 Å². The van der Waals surface area contributed by atoms with Crippen LogP contribution in [0.25, 0.3) is 0 Å². The van der Waals surface area contributed by atoms with Crippen molar-refractivity contribution < 1.29 is 22.0 Å². The van der Waals surface area contributed by atoms with Crippen LogP contribution >= 0.6 is 0 Å². The number of ether oxygens (including phenoxy) is 1. The number of sulfonamides is 1. The lowest BCUT2D eigenvalue weighted by molar-refractivity contribution is -0.0195. The molecule has 0 bridgehead atoms. The van der Waals surface area contributed by atoms with E-state index in [1.165, 1.54) is 18.4 Å². The molecule has 25 heavy (non-hydrogen) atoms. The van der Waals surface area contributed by atoms with Crippen LogP contribution in [0.15, 0.2) is 47.1 Å². The molecular weight excluding hydrogens is 347 g/mol. The Hall–Kier alpha value is -1.74. The van der Waals surface area contributed by atoms with Gasteiger partial charge in [0.25, 0.3) is 0 Å². The molecule has 1 atom stereocenters. The van der Waals surface area contributed by atoms with Crippen molar-refractivity contribution in [2.45, 2.75) is 19.2 Å². The van der Waals surface area contributed by atoms with E-state index < -0.39 is 16.1 Å². The van der Waals surface area contributed by atoms with Gasteiger partial charge in [-0.05, 0) is 29.8 Å². The maximum absolute atomic E-state index is 13.0. The first kappa shape index (κ1) is 18.1. The van der Waals surface area contributed by atoms with Gasteiger partial charge in [-0.15, -0.1) is 0 Å². The molecule has 0 saturated carbocycles. The normalized spacial score (nSPS) is 19.2. The number of hydrogen-bond donors (Lipinski definition) is 1. The van der Waals surface area contributed by atoms with Crippen LogP contribution in [0.1, 0.15) is 11.3 Å². The molecule has 6 nitrogen and oxygen atoms in total. The van der Waals surface area contributed by atoms with Crippen molar-refractivity contribution in [3.8, 4) is 0 Å². The van der Waals surface area contributed by atoms with Crippen LogP contribution < -0.4 is 4.72 Å². The summed E-state index contributed by atoms with van der Waals surface area (Å²) in [6, 6.07) is 9.75. The maximum Gasteiger partial charge on any atom is 0.214 e. The summed E-state index contributed by atoms with van der Waals surface area (Å²) < 4.78 is 50.6. The minimum atomic E-state index is -3.47. The quantitative estimate of drug-likeness (QED) is 0.806. The van der Waals surface area contributed by atoms with Crippen LogP contribution in [0.4, 0.5) is 4.39 Å². The number of nitrogens with zero attached hydrogens (tertiary/aromatic N) is 1. The SMILES string of the molecule is O=S(=O)(CC1CN(Cc2ccc(F)cc2)CCO1)NCc1ccco1. The molecule has 2 heterocycles. The molecule has 1 aromatic carbocycles. The van der Waals surface area contributed by atoms with E-state index in [1.54, 1.807) is 24.3 Å². The predicted octanol–water partition coefficient (Wildman–Crippen LogP) is 1.74. The third kappa shape index (κ3) is 5.64. The summed E-state index contributed by atoms with van der Waals surface area (Å²) in [4.78, 5) is 2.11. The average Bonchev–Trinajstić information content (AvgIpc) is 3.09. The third-order valence-electron chi connectivity index (χ3n) is 3.99. The lowest BCUT2D eigenvalue weighted by Gasteiger charge is -2.32. The Morgan fingerprint density at radius 3 is 2.76 bits per heavy atom. The van der Waals surface area contributed by atoms with E-state index in [-0.39, 0.29) is 18.1 Å². The van der Waals surface area contributed by atoms with Crippen LogP contribution in [0.3, 0.4) is 0 Å². The molecule has 1 aliphatic heterocycles. The van der Waals surface area contributed by atoms with E-state index in [2.05, 4.69) is 9.62 Å². The molecule has 0 radical (unpaired) electrons. The zero-order valence-corrected chi connectivity index (χ0v) is 14.5. The van der Waals surface area contributed by atoms with Crippen molar-refractivity contribution in [2.24, 2.45) is 0 Å². The Morgan fingerprint density at radius 1 is 1.24 bits per heavy atom. The highest BCUT2D eigenvalue weighted by Crippen LogP contribution is 2.13. The second-order valence-corrected chi connectivity index (χ2v) is 7.89. The van der Waals surface area contributed by atoms with Gasteiger partial charge in [0.15, 0.2) is 0 Å². The molecule has 0 amide bonds. The van der Waals surface area contributed by atoms with E-state index >= 15 is 0 Å². The number of halogens is 1. The Kier molecular flexibility index (Phi) is 5.85. The highest BCUT2D eigenvalue weighted by molar-refractivity contribution is 7.89. The fourth-order valence-corrected chi connectivity index (χ4v) is 3.94. The van der Waals surface area contributed by atoms with Crippen molar-refractivity contribution in [1.29, 1.82) is 0 Å². The van der Waals surface area contributed by atoms with Gasteiger partial charge < -0.3 is 9.15 Å². The van der Waals surface area contributed by atoms with Gasteiger partial charge in [-0.2, -0.15) is 0 Å². The number of nitrogens with one attached hydrogen (secondary N) is 1. The zero-order chi connectivity index (χ0) is 17.7. The van der Waals surface area contributed by atoms with Gasteiger partial charge in [-0.3, -0.25) is 4.90 Å². The summed E-state index contributed by atoms with van der Waals surface area (Å²) >= 11 is 0. The fourth-order valence-electron chi connectivity index (χ4n) is 2.77. The van der Waals surface area contributed by atoms with Crippen LogP contribution in [-0.2, 0) is 27.8 Å². The minimum Gasteiger partial charge on any atom is -0.468 e. The number of benzene rings is 1. The third-order valence-corrected chi connectivity index (χ3v) is 5.39. The van der Waals surface area contributed by atoms with Crippen LogP contribution in [0.2, 0.25) is 0 Å². The largest absolute Gasteiger partial charge is 0.468 e. The Morgan fingerprint density at radius 2 is 2.04 bits per heavy atom. The summed E-state index contributed by atoms with van der Waals surface area (Å²) in [5.74, 6) is 0.191. The fraction of sp³-hybridized carbons (Fsp3) is 0.412. The molecule has 2 aromatic rings. The van der Waals surface area contributed by atoms with E-state index in [4.69, 9.17) is 9.15 Å². The van der Waals surface area contributed by atoms with Gasteiger partial charge in [0.2, 0.25) is 10.0 Å². The summed E-state index contributed by atoms with van der Waals surface area (Å²) in [7, 11) is -3.47. The molecule has 1 fully saturated rings. The molecule has 3 rings (SSSR count). The summed E-state index contributed by atoms with van der Waals surface area (Å²) in [6.07, 6.45) is 1.10. The first-order valence-corrected chi connectivity index (χ1v) is 9.73. The average molecular weight is 368 g/mol. The molecule has 1 aliphatic rings. The van der Waals surface area contributed by atoms with Gasteiger partial charge in [0.05, 0.1) is 31.3 Å². The maximum atomic E-state index is 13.0. The van der Waals surface area contributed by atoms with Gasteiger partial charge in [0, 0.05) is 19.6 Å². The molecule has 1 N–H and O–H groups in total. The van der Waals surface area contributed by atoms with Crippen LogP contribution in [0.5, 0.6) is 0 Å². The molecule has 0 aliphatic carbocycles. The summed E-state index contributed by atoms with van der Waals surface area (Å²) in [5, 5.41) is 0. The van der Waals surface area contributed by atoms with Crippen molar-refractivity contribution >= 4 is 10.0 Å². The first-order chi connectivity index (χ1) is 12.0. The first-order valence-electron chi connectivity index (χ1n) is 8.08. The lowest BCUT2D eigenvalue weighted by Crippen LogP contribution is -2.46. The van der Waals surface area contributed by atoms with Gasteiger partial charge in [-0.25, -0.2) is 17.5 Å². The van der Waals surface area contributed by atoms with Gasteiger partial charge in [0.1, 0.15) is 11.6 Å². The molecule has 8 heteroatoms. The summed E-state index contributed by atoms with van der Waals surface area (Å²) in [6.45, 7) is 2.47. The number of hydrogen-bond acceptors (Lipinski definition) is 5. The Bertz CT molecular complexity index is 762. The number of furan rings is 1. The predicted molar refractivity (Wildman–Crippen MR) is 90.8 cm³/mol. The Labute approximate surface area is 146 Å². The van der Waals surface area contributed by atoms with Crippen molar-refractivity contribution in [3.05, 3.63) is 59.8 Å². The van der Waals surface area contributed by atoms with E-state index in [0.29, 0.717) is 32.0 Å². The monoisotopic (exact) mass is 368 g/mol. The van der Waals surface area contributed by atoms with E-state index in [9.17, 15) is 12.8 Å². The highest BCUT2D eigenvalue weighted by atomic mass is 32.2. The molecule has 1 saturated heterocycles. The second-order valence-electron chi connectivity index (χ2n) is 6.04. The van der Waals surface area contributed by atoms with Crippen molar-refractivity contribution in [2.75, 3.05) is 25.4 Å². The Balaban J connectivity index is 1.51. The summed E-state index contributed by atoms with van der Waals surface area (Å²) in [5.41, 5.74) is 0.987. The highest BCUT2D eigenvalue weighted by Gasteiger charge is 2.26. The number of morpholine rings is 1. The van der Waals surface area contributed by atoms with Gasteiger partial charge >= 0.3 is 0 Å². The molecule has 1 unspecified atom stereocenters. The zero-order valence-electron chi connectivity index (χ0n) is 13.7. The molecule has 1 aromatic heterocycles. The molecule has 136 valence electrons. The van der Waals surface area contributed by atoms with Crippen molar-refractivity contribution in [1.82, 2.24) is 9.62 Å². The smallest absolute Gasteiger partial charge is 0.214 e. The van der Waals surface area contributed by atoms with Gasteiger partial charge in [-0.1, -0.05) is 12.1 Å². The standard InChI is InChI=1S/C17H21FN2O4S/c18-15-5-3-14(4-6-15)11-20-7-9-24-17(12-20)13-25(21,22)19-10-16-2-1-8-23-16/h1-6,8,17,19H,7,9-13H2. The van der Waals surface area contributed by atoms with E-state index in [0.717, 1.165) is 5.56 Å². The number of rotatable bonds is 7. The minimum absolute atomic E-state index is 0.104. The van der Waals surface area contributed by atoms with Crippen LogP contribution in [0, 0.1) is 5.82 Å². The lowest BCUT2D eigenvalue weighted by atomic mass is 10.2. The molecular formula is C17H21FN2O4S. The van der Waals surface area contributed by atoms with E-state index in [1.807, 2.05) is 0 Å². The molecule has 0 spiro atoms. The van der Waals surface area contributed by atoms with Crippen molar-refractivity contribution in [3.63, 3.8) is 0 Å².